The summed E-state index contributed by atoms with van der Waals surface area (Å²) < 4.78 is 5.55. The van der Waals surface area contributed by atoms with Crippen LogP contribution in [-0.2, 0) is 6.54 Å². The van der Waals surface area contributed by atoms with E-state index >= 15 is 0 Å². The van der Waals surface area contributed by atoms with E-state index in [1.54, 1.807) is 13.3 Å². The van der Waals surface area contributed by atoms with E-state index in [0.29, 0.717) is 24.9 Å². The predicted octanol–water partition coefficient (Wildman–Crippen LogP) is 3.40. The number of aromatic nitrogens is 1. The third kappa shape index (κ3) is 6.07. The zero-order valence-electron chi connectivity index (χ0n) is 15.7. The van der Waals surface area contributed by atoms with Crippen molar-refractivity contribution in [3.05, 3.63) is 78.2 Å². The highest BCUT2D eigenvalue weighted by Gasteiger charge is 2.11. The van der Waals surface area contributed by atoms with E-state index in [4.69, 9.17) is 4.42 Å². The second-order valence-electron chi connectivity index (χ2n) is 6.11. The van der Waals surface area contributed by atoms with Gasteiger partial charge >= 0.3 is 0 Å². The first-order valence-corrected chi connectivity index (χ1v) is 8.90. The molecular weight excluding hydrogens is 467 g/mol. The second kappa shape index (κ2) is 11.5. The number of halogens is 1. The number of nitrogens with zero attached hydrogens (tertiary/aromatic N) is 2. The summed E-state index contributed by atoms with van der Waals surface area (Å²) in [6.45, 7) is 1.14. The number of hydrogen-bond donors (Lipinski definition) is 3. The zero-order chi connectivity index (χ0) is 18.9. The lowest BCUT2D eigenvalue weighted by Gasteiger charge is -2.17. The van der Waals surface area contributed by atoms with E-state index in [9.17, 15) is 5.11 Å². The molecule has 0 spiro atoms. The number of benzene rings is 2. The molecular formula is C21H25IN4O2. The molecule has 0 amide bonds. The maximum absolute atomic E-state index is 9.66. The summed E-state index contributed by atoms with van der Waals surface area (Å²) in [4.78, 5) is 8.72. The monoisotopic (exact) mass is 492 g/mol. The lowest BCUT2D eigenvalue weighted by atomic mass is 10.0. The molecule has 7 heteroatoms. The van der Waals surface area contributed by atoms with E-state index in [0.717, 1.165) is 16.8 Å². The number of nitrogens with one attached hydrogen (secondary N) is 2. The Balaban J connectivity index is 0.00000280. The van der Waals surface area contributed by atoms with Gasteiger partial charge in [-0.2, -0.15) is 0 Å². The third-order valence-corrected chi connectivity index (χ3v) is 4.24. The highest BCUT2D eigenvalue weighted by molar-refractivity contribution is 14.0. The highest BCUT2D eigenvalue weighted by atomic mass is 127. The Kier molecular flexibility index (Phi) is 8.96. The Labute approximate surface area is 182 Å². The number of rotatable bonds is 7. The first kappa shape index (κ1) is 21.9. The van der Waals surface area contributed by atoms with Crippen molar-refractivity contribution in [2.75, 3.05) is 20.2 Å². The van der Waals surface area contributed by atoms with Crippen LogP contribution in [0.2, 0.25) is 0 Å². The fourth-order valence-corrected chi connectivity index (χ4v) is 2.73. The molecule has 148 valence electrons. The van der Waals surface area contributed by atoms with E-state index < -0.39 is 0 Å². The van der Waals surface area contributed by atoms with Crippen LogP contribution in [0.25, 0.3) is 11.5 Å². The number of oxazole rings is 1. The molecule has 1 heterocycles. The van der Waals surface area contributed by atoms with Gasteiger partial charge in [0, 0.05) is 25.1 Å². The Hall–Kier alpha value is -2.39. The largest absolute Gasteiger partial charge is 0.444 e. The standard InChI is InChI=1S/C21H24N4O2.HI/c1-22-21(23-12-18(14-26)16-8-4-2-5-9-16)24-13-19-15-27-20(25-19)17-10-6-3-7-11-17;/h2-11,15,18,26H,12-14H2,1H3,(H2,22,23,24);1H. The summed E-state index contributed by atoms with van der Waals surface area (Å²) in [6.07, 6.45) is 1.64. The lowest BCUT2D eigenvalue weighted by Crippen LogP contribution is -2.39. The molecule has 0 aliphatic carbocycles. The van der Waals surface area contributed by atoms with E-state index in [1.165, 1.54) is 0 Å². The molecule has 0 radical (unpaired) electrons. The van der Waals surface area contributed by atoms with Crippen molar-refractivity contribution in [2.24, 2.45) is 4.99 Å². The van der Waals surface area contributed by atoms with Crippen LogP contribution in [0.4, 0.5) is 0 Å². The quantitative estimate of drug-likeness (QED) is 0.268. The van der Waals surface area contributed by atoms with Crippen LogP contribution in [0.5, 0.6) is 0 Å². The summed E-state index contributed by atoms with van der Waals surface area (Å²) in [5.74, 6) is 1.25. The molecule has 0 saturated carbocycles. The SMILES string of the molecule is CN=C(NCc1coc(-c2ccccc2)n1)NCC(CO)c1ccccc1.I. The minimum absolute atomic E-state index is 0. The van der Waals surface area contributed by atoms with Crippen LogP contribution in [0.15, 0.2) is 76.3 Å². The Bertz CT molecular complexity index is 853. The maximum atomic E-state index is 9.66. The molecule has 28 heavy (non-hydrogen) atoms. The Morgan fingerprint density at radius 3 is 2.39 bits per heavy atom. The molecule has 1 aromatic heterocycles. The first-order valence-electron chi connectivity index (χ1n) is 8.90. The fourth-order valence-electron chi connectivity index (χ4n) is 2.73. The fraction of sp³-hybridized carbons (Fsp3) is 0.238. The molecule has 3 N–H and O–H groups in total. The smallest absolute Gasteiger partial charge is 0.226 e. The van der Waals surface area contributed by atoms with Crippen molar-refractivity contribution in [1.82, 2.24) is 15.6 Å². The van der Waals surface area contributed by atoms with E-state index in [2.05, 4.69) is 20.6 Å². The summed E-state index contributed by atoms with van der Waals surface area (Å²) in [6, 6.07) is 19.7. The number of hydrogen-bond acceptors (Lipinski definition) is 4. The first-order chi connectivity index (χ1) is 13.3. The highest BCUT2D eigenvalue weighted by Crippen LogP contribution is 2.17. The molecule has 0 bridgehead atoms. The summed E-state index contributed by atoms with van der Waals surface area (Å²) in [5.41, 5.74) is 2.82. The van der Waals surface area contributed by atoms with Crippen molar-refractivity contribution in [3.63, 3.8) is 0 Å². The number of aliphatic imine (C=N–C) groups is 1. The molecule has 2 aromatic carbocycles. The average Bonchev–Trinajstić information content (AvgIpc) is 3.21. The van der Waals surface area contributed by atoms with Crippen LogP contribution < -0.4 is 10.6 Å². The van der Waals surface area contributed by atoms with Crippen LogP contribution in [0, 0.1) is 0 Å². The van der Waals surface area contributed by atoms with Gasteiger partial charge in [0.2, 0.25) is 5.89 Å². The van der Waals surface area contributed by atoms with Gasteiger partial charge in [0.05, 0.1) is 18.8 Å². The van der Waals surface area contributed by atoms with Gasteiger partial charge in [0.15, 0.2) is 5.96 Å². The molecule has 1 atom stereocenters. The molecule has 6 nitrogen and oxygen atoms in total. The van der Waals surface area contributed by atoms with Crippen molar-refractivity contribution >= 4 is 29.9 Å². The van der Waals surface area contributed by atoms with E-state index in [1.807, 2.05) is 60.7 Å². The molecule has 0 fully saturated rings. The van der Waals surface area contributed by atoms with Gasteiger partial charge in [-0.05, 0) is 17.7 Å². The van der Waals surface area contributed by atoms with Gasteiger partial charge in [0.25, 0.3) is 0 Å². The molecule has 3 rings (SSSR count). The van der Waals surface area contributed by atoms with Gasteiger partial charge < -0.3 is 20.2 Å². The van der Waals surface area contributed by atoms with Crippen LogP contribution in [-0.4, -0.2) is 36.2 Å². The maximum Gasteiger partial charge on any atom is 0.226 e. The lowest BCUT2D eigenvalue weighted by molar-refractivity contribution is 0.265. The van der Waals surface area contributed by atoms with Crippen LogP contribution in [0.1, 0.15) is 17.2 Å². The topological polar surface area (TPSA) is 82.7 Å². The zero-order valence-corrected chi connectivity index (χ0v) is 18.0. The normalized spacial score (nSPS) is 12.1. The Morgan fingerprint density at radius 1 is 1.07 bits per heavy atom. The van der Waals surface area contributed by atoms with Gasteiger partial charge in [-0.25, -0.2) is 4.98 Å². The molecule has 1 unspecified atom stereocenters. The van der Waals surface area contributed by atoms with Crippen molar-refractivity contribution in [2.45, 2.75) is 12.5 Å². The van der Waals surface area contributed by atoms with E-state index in [-0.39, 0.29) is 36.5 Å². The third-order valence-electron chi connectivity index (χ3n) is 4.24. The van der Waals surface area contributed by atoms with Crippen molar-refractivity contribution < 1.29 is 9.52 Å². The van der Waals surface area contributed by atoms with Crippen molar-refractivity contribution in [3.8, 4) is 11.5 Å². The minimum atomic E-state index is 0. The molecule has 0 aliphatic rings. The van der Waals surface area contributed by atoms with Crippen LogP contribution in [0.3, 0.4) is 0 Å². The minimum Gasteiger partial charge on any atom is -0.444 e. The van der Waals surface area contributed by atoms with Gasteiger partial charge in [-0.3, -0.25) is 4.99 Å². The summed E-state index contributed by atoms with van der Waals surface area (Å²) in [7, 11) is 1.71. The molecule has 0 saturated heterocycles. The summed E-state index contributed by atoms with van der Waals surface area (Å²) >= 11 is 0. The van der Waals surface area contributed by atoms with Gasteiger partial charge in [0.1, 0.15) is 6.26 Å². The number of aliphatic hydroxyl groups excluding tert-OH is 1. The van der Waals surface area contributed by atoms with Gasteiger partial charge in [-0.1, -0.05) is 48.5 Å². The Morgan fingerprint density at radius 2 is 1.75 bits per heavy atom. The number of guanidine groups is 1. The predicted molar refractivity (Wildman–Crippen MR) is 122 cm³/mol. The number of aliphatic hydroxyl groups is 1. The second-order valence-corrected chi connectivity index (χ2v) is 6.11. The molecule has 0 aliphatic heterocycles. The summed E-state index contributed by atoms with van der Waals surface area (Å²) in [5, 5.41) is 16.1. The van der Waals surface area contributed by atoms with Crippen LogP contribution >= 0.6 is 24.0 Å². The van der Waals surface area contributed by atoms with Crippen molar-refractivity contribution in [1.29, 1.82) is 0 Å². The average molecular weight is 492 g/mol. The van der Waals surface area contributed by atoms with Gasteiger partial charge in [-0.15, -0.1) is 24.0 Å². The molecule has 3 aromatic rings.